The predicted octanol–water partition coefficient (Wildman–Crippen LogP) is 1.49. The SMILES string of the molecule is CC(C)(C)c1ccc(C(N)COCC(N)=O)cc1. The summed E-state index contributed by atoms with van der Waals surface area (Å²) in [6.07, 6.45) is 0. The van der Waals surface area contributed by atoms with Crippen molar-refractivity contribution in [3.63, 3.8) is 0 Å². The highest BCUT2D eigenvalue weighted by atomic mass is 16.5. The summed E-state index contributed by atoms with van der Waals surface area (Å²) in [5, 5.41) is 0. The van der Waals surface area contributed by atoms with Gasteiger partial charge in [0.1, 0.15) is 6.61 Å². The number of ether oxygens (including phenoxy) is 1. The van der Waals surface area contributed by atoms with E-state index in [-0.39, 0.29) is 24.7 Å². The molecule has 0 fully saturated rings. The quantitative estimate of drug-likeness (QED) is 0.831. The van der Waals surface area contributed by atoms with Gasteiger partial charge in [0, 0.05) is 0 Å². The molecule has 0 aliphatic rings. The third-order valence-corrected chi connectivity index (χ3v) is 2.75. The zero-order chi connectivity index (χ0) is 13.8. The Morgan fingerprint density at radius 1 is 1.28 bits per heavy atom. The summed E-state index contributed by atoms with van der Waals surface area (Å²) in [5.74, 6) is -0.481. The first-order valence-corrected chi connectivity index (χ1v) is 6.03. The van der Waals surface area contributed by atoms with Crippen molar-refractivity contribution in [2.75, 3.05) is 13.2 Å². The maximum absolute atomic E-state index is 10.5. The Balaban J connectivity index is 2.59. The lowest BCUT2D eigenvalue weighted by Crippen LogP contribution is -2.23. The fraction of sp³-hybridized carbons (Fsp3) is 0.500. The zero-order valence-corrected chi connectivity index (χ0v) is 11.3. The van der Waals surface area contributed by atoms with E-state index < -0.39 is 5.91 Å². The number of hydrogen-bond donors (Lipinski definition) is 2. The van der Waals surface area contributed by atoms with Crippen LogP contribution in [0.5, 0.6) is 0 Å². The smallest absolute Gasteiger partial charge is 0.243 e. The highest BCUT2D eigenvalue weighted by molar-refractivity contribution is 5.74. The fourth-order valence-electron chi connectivity index (χ4n) is 1.61. The molecule has 1 amide bonds. The monoisotopic (exact) mass is 250 g/mol. The minimum absolute atomic E-state index is 0.0895. The maximum Gasteiger partial charge on any atom is 0.243 e. The molecule has 0 bridgehead atoms. The van der Waals surface area contributed by atoms with E-state index in [9.17, 15) is 4.79 Å². The van der Waals surface area contributed by atoms with Gasteiger partial charge in [-0.2, -0.15) is 0 Å². The summed E-state index contributed by atoms with van der Waals surface area (Å²) >= 11 is 0. The Kier molecular flexibility index (Phi) is 4.87. The fourth-order valence-corrected chi connectivity index (χ4v) is 1.61. The molecule has 1 rings (SSSR count). The van der Waals surface area contributed by atoms with Crippen molar-refractivity contribution in [1.82, 2.24) is 0 Å². The number of nitrogens with two attached hydrogens (primary N) is 2. The van der Waals surface area contributed by atoms with Crippen molar-refractivity contribution in [2.45, 2.75) is 32.2 Å². The van der Waals surface area contributed by atoms with Crippen LogP contribution in [0, 0.1) is 0 Å². The number of primary amides is 1. The van der Waals surface area contributed by atoms with Crippen molar-refractivity contribution in [3.8, 4) is 0 Å². The van der Waals surface area contributed by atoms with Crippen molar-refractivity contribution in [2.24, 2.45) is 11.5 Å². The molecule has 1 aromatic carbocycles. The Morgan fingerprint density at radius 3 is 2.28 bits per heavy atom. The molecule has 0 aliphatic heterocycles. The normalized spacial score (nSPS) is 13.3. The lowest BCUT2D eigenvalue weighted by Gasteiger charge is -2.20. The minimum Gasteiger partial charge on any atom is -0.370 e. The Labute approximate surface area is 108 Å². The maximum atomic E-state index is 10.5. The second-order valence-electron chi connectivity index (χ2n) is 5.46. The van der Waals surface area contributed by atoms with Crippen LogP contribution in [0.25, 0.3) is 0 Å². The number of carbonyl (C=O) groups is 1. The van der Waals surface area contributed by atoms with E-state index in [2.05, 4.69) is 32.9 Å². The molecule has 100 valence electrons. The highest BCUT2D eigenvalue weighted by Gasteiger charge is 2.14. The molecule has 4 N–H and O–H groups in total. The summed E-state index contributed by atoms with van der Waals surface area (Å²) in [6.45, 7) is 6.69. The molecule has 0 radical (unpaired) electrons. The second-order valence-corrected chi connectivity index (χ2v) is 5.46. The molecule has 1 aromatic rings. The van der Waals surface area contributed by atoms with Crippen molar-refractivity contribution < 1.29 is 9.53 Å². The Morgan fingerprint density at radius 2 is 1.83 bits per heavy atom. The van der Waals surface area contributed by atoms with Crippen LogP contribution in [0.4, 0.5) is 0 Å². The van der Waals surface area contributed by atoms with E-state index in [4.69, 9.17) is 16.2 Å². The van der Waals surface area contributed by atoms with Gasteiger partial charge in [-0.15, -0.1) is 0 Å². The summed E-state index contributed by atoms with van der Waals surface area (Å²) in [5.41, 5.74) is 13.3. The van der Waals surface area contributed by atoms with Gasteiger partial charge in [-0.05, 0) is 16.5 Å². The number of amides is 1. The third-order valence-electron chi connectivity index (χ3n) is 2.75. The van der Waals surface area contributed by atoms with Gasteiger partial charge in [-0.25, -0.2) is 0 Å². The van der Waals surface area contributed by atoms with Crippen molar-refractivity contribution in [1.29, 1.82) is 0 Å². The molecule has 0 saturated heterocycles. The number of benzene rings is 1. The van der Waals surface area contributed by atoms with Crippen LogP contribution in [0.2, 0.25) is 0 Å². The molecule has 1 atom stereocenters. The first kappa shape index (κ1) is 14.7. The first-order chi connectivity index (χ1) is 8.30. The van der Waals surface area contributed by atoms with E-state index in [1.165, 1.54) is 5.56 Å². The van der Waals surface area contributed by atoms with E-state index in [1.807, 2.05) is 12.1 Å². The largest absolute Gasteiger partial charge is 0.370 e. The topological polar surface area (TPSA) is 78.3 Å². The van der Waals surface area contributed by atoms with Crippen molar-refractivity contribution in [3.05, 3.63) is 35.4 Å². The predicted molar refractivity (Wildman–Crippen MR) is 72.1 cm³/mol. The average Bonchev–Trinajstić information content (AvgIpc) is 2.27. The van der Waals surface area contributed by atoms with Gasteiger partial charge in [0.15, 0.2) is 0 Å². The summed E-state index contributed by atoms with van der Waals surface area (Å²) in [4.78, 5) is 10.5. The number of carbonyl (C=O) groups excluding carboxylic acids is 1. The van der Waals surface area contributed by atoms with Gasteiger partial charge in [-0.3, -0.25) is 4.79 Å². The van der Waals surface area contributed by atoms with Crippen LogP contribution in [-0.2, 0) is 14.9 Å². The van der Waals surface area contributed by atoms with Crippen LogP contribution in [0.3, 0.4) is 0 Å². The molecule has 0 spiro atoms. The number of hydrogen-bond acceptors (Lipinski definition) is 3. The van der Waals surface area contributed by atoms with Crippen LogP contribution >= 0.6 is 0 Å². The van der Waals surface area contributed by atoms with Gasteiger partial charge < -0.3 is 16.2 Å². The standard InChI is InChI=1S/C14H22N2O2/c1-14(2,3)11-6-4-10(5-7-11)12(15)8-18-9-13(16)17/h4-7,12H,8-9,15H2,1-3H3,(H2,16,17). The summed E-state index contributed by atoms with van der Waals surface area (Å²) < 4.78 is 5.11. The van der Waals surface area contributed by atoms with Crippen LogP contribution in [0.15, 0.2) is 24.3 Å². The van der Waals surface area contributed by atoms with Crippen molar-refractivity contribution >= 4 is 5.91 Å². The van der Waals surface area contributed by atoms with Gasteiger partial charge >= 0.3 is 0 Å². The lowest BCUT2D eigenvalue weighted by atomic mass is 9.86. The van der Waals surface area contributed by atoms with Crippen LogP contribution in [0.1, 0.15) is 37.9 Å². The lowest BCUT2D eigenvalue weighted by molar-refractivity contribution is -0.122. The molecule has 0 saturated carbocycles. The molecule has 0 heterocycles. The van der Waals surface area contributed by atoms with E-state index in [0.29, 0.717) is 0 Å². The Hall–Kier alpha value is -1.39. The van der Waals surface area contributed by atoms with Gasteiger partial charge in [-0.1, -0.05) is 45.0 Å². The van der Waals surface area contributed by atoms with Crippen LogP contribution in [-0.4, -0.2) is 19.1 Å². The highest BCUT2D eigenvalue weighted by Crippen LogP contribution is 2.23. The number of rotatable bonds is 5. The minimum atomic E-state index is -0.481. The third kappa shape index (κ3) is 4.47. The molecule has 18 heavy (non-hydrogen) atoms. The summed E-state index contributed by atoms with van der Waals surface area (Å²) in [7, 11) is 0. The van der Waals surface area contributed by atoms with Gasteiger partial charge in [0.2, 0.25) is 5.91 Å². The van der Waals surface area contributed by atoms with E-state index >= 15 is 0 Å². The van der Waals surface area contributed by atoms with Gasteiger partial charge in [0.25, 0.3) is 0 Å². The molecule has 1 unspecified atom stereocenters. The molecule has 0 aromatic heterocycles. The second kappa shape index (κ2) is 5.98. The van der Waals surface area contributed by atoms with Gasteiger partial charge in [0.05, 0.1) is 12.6 Å². The molecule has 4 heteroatoms. The molecular weight excluding hydrogens is 228 g/mol. The van der Waals surface area contributed by atoms with E-state index in [1.54, 1.807) is 0 Å². The molecule has 4 nitrogen and oxygen atoms in total. The zero-order valence-electron chi connectivity index (χ0n) is 11.3. The first-order valence-electron chi connectivity index (χ1n) is 6.03. The molecular formula is C14H22N2O2. The average molecular weight is 250 g/mol. The molecule has 0 aliphatic carbocycles. The van der Waals surface area contributed by atoms with E-state index in [0.717, 1.165) is 5.56 Å². The summed E-state index contributed by atoms with van der Waals surface area (Å²) in [6, 6.07) is 7.91. The Bertz CT molecular complexity index is 393. The van der Waals surface area contributed by atoms with Crippen LogP contribution < -0.4 is 11.5 Å².